The second-order valence-electron chi connectivity index (χ2n) is 6.92. The van der Waals surface area contributed by atoms with Crippen molar-refractivity contribution in [3.05, 3.63) is 92.7 Å². The van der Waals surface area contributed by atoms with Gasteiger partial charge in [-0.2, -0.15) is 5.10 Å². The molecular formula is C25H21BrClN3O2S. The minimum atomic E-state index is 0.334. The van der Waals surface area contributed by atoms with E-state index in [0.717, 1.165) is 26.9 Å². The Hall–Kier alpha value is -2.87. The predicted octanol–water partition coefficient (Wildman–Crippen LogP) is 7.65. The summed E-state index contributed by atoms with van der Waals surface area (Å²) in [6.45, 7) is 2.77. The van der Waals surface area contributed by atoms with Gasteiger partial charge in [-0.05, 0) is 46.6 Å². The summed E-state index contributed by atoms with van der Waals surface area (Å²) in [5, 5.41) is 7.72. The van der Waals surface area contributed by atoms with E-state index in [1.165, 1.54) is 11.3 Å². The van der Waals surface area contributed by atoms with Crippen molar-refractivity contribution in [3.63, 3.8) is 0 Å². The number of hydrazone groups is 1. The van der Waals surface area contributed by atoms with Crippen LogP contribution in [0.5, 0.6) is 11.5 Å². The molecule has 0 bridgehead atoms. The quantitative estimate of drug-likeness (QED) is 0.174. The molecule has 1 N–H and O–H groups in total. The number of rotatable bonds is 9. The molecule has 4 rings (SSSR count). The summed E-state index contributed by atoms with van der Waals surface area (Å²) in [4.78, 5) is 4.58. The smallest absolute Gasteiger partial charge is 0.203 e. The number of anilines is 1. The minimum absolute atomic E-state index is 0.334. The van der Waals surface area contributed by atoms with Crippen molar-refractivity contribution in [3.8, 4) is 22.8 Å². The minimum Gasteiger partial charge on any atom is -0.490 e. The molecule has 1 aromatic heterocycles. The Bertz CT molecular complexity index is 1250. The monoisotopic (exact) mass is 541 g/mol. The van der Waals surface area contributed by atoms with Crippen LogP contribution in [0.1, 0.15) is 18.1 Å². The number of thiazole rings is 1. The SMILES string of the molecule is CCOc1cc(C=NNc2nc(-c3ccccc3)cs2)cc(Br)c1OCc1ccccc1Cl. The fourth-order valence-corrected chi connectivity index (χ4v) is 4.49. The molecule has 8 heteroatoms. The Balaban J connectivity index is 1.46. The maximum absolute atomic E-state index is 6.25. The molecule has 0 fully saturated rings. The van der Waals surface area contributed by atoms with Gasteiger partial charge in [0.15, 0.2) is 11.5 Å². The van der Waals surface area contributed by atoms with Crippen molar-refractivity contribution >= 4 is 50.2 Å². The number of benzene rings is 3. The topological polar surface area (TPSA) is 55.7 Å². The maximum Gasteiger partial charge on any atom is 0.203 e. The second-order valence-corrected chi connectivity index (χ2v) is 9.04. The average molecular weight is 543 g/mol. The molecule has 0 radical (unpaired) electrons. The van der Waals surface area contributed by atoms with Crippen LogP contribution in [0, 0.1) is 0 Å². The highest BCUT2D eigenvalue weighted by Gasteiger charge is 2.13. The Morgan fingerprint density at radius 1 is 1.09 bits per heavy atom. The zero-order valence-electron chi connectivity index (χ0n) is 17.8. The van der Waals surface area contributed by atoms with Gasteiger partial charge in [0.2, 0.25) is 5.13 Å². The lowest BCUT2D eigenvalue weighted by Gasteiger charge is -2.15. The van der Waals surface area contributed by atoms with Gasteiger partial charge in [-0.1, -0.05) is 60.1 Å². The van der Waals surface area contributed by atoms with Crippen LogP contribution < -0.4 is 14.9 Å². The van der Waals surface area contributed by atoms with Crippen LogP contribution in [0.25, 0.3) is 11.3 Å². The van der Waals surface area contributed by atoms with Crippen molar-refractivity contribution in [2.45, 2.75) is 13.5 Å². The number of ether oxygens (including phenoxy) is 2. The fraction of sp³-hybridized carbons (Fsp3) is 0.120. The van der Waals surface area contributed by atoms with Crippen molar-refractivity contribution in [2.75, 3.05) is 12.0 Å². The van der Waals surface area contributed by atoms with Crippen LogP contribution in [0.4, 0.5) is 5.13 Å². The van der Waals surface area contributed by atoms with E-state index < -0.39 is 0 Å². The fourth-order valence-electron chi connectivity index (χ4n) is 3.06. The third-order valence-corrected chi connectivity index (χ3v) is 6.31. The van der Waals surface area contributed by atoms with E-state index in [1.54, 1.807) is 6.21 Å². The molecule has 0 aliphatic rings. The standard InChI is InChI=1S/C25H21BrClN3O2S/c1-2-31-23-13-17(12-20(26)24(23)32-15-19-10-6-7-11-21(19)27)14-28-30-25-29-22(16-33-25)18-8-4-3-5-9-18/h3-14,16H,2,15H2,1H3,(H,29,30). The Morgan fingerprint density at radius 2 is 1.88 bits per heavy atom. The number of hydrogen-bond donors (Lipinski definition) is 1. The van der Waals surface area contributed by atoms with E-state index >= 15 is 0 Å². The Morgan fingerprint density at radius 3 is 2.67 bits per heavy atom. The van der Waals surface area contributed by atoms with Gasteiger partial charge in [-0.25, -0.2) is 4.98 Å². The summed E-state index contributed by atoms with van der Waals surface area (Å²) in [6.07, 6.45) is 1.72. The molecule has 0 aliphatic heterocycles. The maximum atomic E-state index is 6.25. The van der Waals surface area contributed by atoms with Crippen LogP contribution in [-0.4, -0.2) is 17.8 Å². The number of aromatic nitrogens is 1. The normalized spacial score (nSPS) is 11.0. The van der Waals surface area contributed by atoms with E-state index in [2.05, 4.69) is 31.4 Å². The highest BCUT2D eigenvalue weighted by atomic mass is 79.9. The molecule has 1 heterocycles. The molecule has 168 valence electrons. The van der Waals surface area contributed by atoms with Gasteiger partial charge >= 0.3 is 0 Å². The van der Waals surface area contributed by atoms with E-state index in [1.807, 2.05) is 79.0 Å². The lowest BCUT2D eigenvalue weighted by atomic mass is 10.2. The third kappa shape index (κ3) is 6.13. The predicted molar refractivity (Wildman–Crippen MR) is 140 cm³/mol. The van der Waals surface area contributed by atoms with Gasteiger partial charge in [-0.15, -0.1) is 11.3 Å². The summed E-state index contributed by atoms with van der Waals surface area (Å²) >= 11 is 11.3. The molecule has 5 nitrogen and oxygen atoms in total. The first-order valence-corrected chi connectivity index (χ1v) is 12.3. The van der Waals surface area contributed by atoms with E-state index in [9.17, 15) is 0 Å². The Labute approximate surface area is 210 Å². The van der Waals surface area contributed by atoms with Crippen molar-refractivity contribution in [1.82, 2.24) is 4.98 Å². The lowest BCUT2D eigenvalue weighted by Crippen LogP contribution is -2.02. The summed E-state index contributed by atoms with van der Waals surface area (Å²) < 4.78 is 12.6. The van der Waals surface area contributed by atoms with E-state index in [0.29, 0.717) is 34.9 Å². The summed E-state index contributed by atoms with van der Waals surface area (Å²) in [7, 11) is 0. The number of nitrogens with zero attached hydrogens (tertiary/aromatic N) is 2. The molecule has 0 atom stereocenters. The van der Waals surface area contributed by atoms with Crippen LogP contribution in [0.15, 0.2) is 81.7 Å². The van der Waals surface area contributed by atoms with Crippen molar-refractivity contribution < 1.29 is 9.47 Å². The summed E-state index contributed by atoms with van der Waals surface area (Å²) in [5.41, 5.74) is 6.74. The van der Waals surface area contributed by atoms with Crippen molar-refractivity contribution in [2.24, 2.45) is 5.10 Å². The Kier molecular flexibility index (Phi) is 7.99. The van der Waals surface area contributed by atoms with Gasteiger partial charge < -0.3 is 9.47 Å². The first-order chi connectivity index (χ1) is 16.1. The van der Waals surface area contributed by atoms with Crippen LogP contribution in [0.3, 0.4) is 0 Å². The average Bonchev–Trinajstić information content (AvgIpc) is 3.29. The van der Waals surface area contributed by atoms with Gasteiger partial charge in [0.1, 0.15) is 6.61 Å². The van der Waals surface area contributed by atoms with Crippen LogP contribution in [0.2, 0.25) is 5.02 Å². The molecule has 0 unspecified atom stereocenters. The molecule has 0 spiro atoms. The first-order valence-electron chi connectivity index (χ1n) is 10.3. The molecule has 0 saturated heterocycles. The molecule has 0 saturated carbocycles. The number of halogens is 2. The van der Waals surface area contributed by atoms with E-state index in [4.69, 9.17) is 21.1 Å². The molecule has 0 amide bonds. The lowest BCUT2D eigenvalue weighted by molar-refractivity contribution is 0.267. The second kappa shape index (κ2) is 11.3. The molecule has 4 aromatic rings. The summed E-state index contributed by atoms with van der Waals surface area (Å²) in [6, 6.07) is 21.5. The highest BCUT2D eigenvalue weighted by molar-refractivity contribution is 9.10. The van der Waals surface area contributed by atoms with Gasteiger partial charge in [0.05, 0.1) is 23.0 Å². The first kappa shape index (κ1) is 23.3. The third-order valence-electron chi connectivity index (χ3n) is 4.61. The molecule has 0 aliphatic carbocycles. The van der Waals surface area contributed by atoms with Gasteiger partial charge in [0, 0.05) is 21.5 Å². The zero-order chi connectivity index (χ0) is 23.0. The van der Waals surface area contributed by atoms with Gasteiger partial charge in [0.25, 0.3) is 0 Å². The molecule has 3 aromatic carbocycles. The molecule has 33 heavy (non-hydrogen) atoms. The largest absolute Gasteiger partial charge is 0.490 e. The van der Waals surface area contributed by atoms with Crippen molar-refractivity contribution in [1.29, 1.82) is 0 Å². The van der Waals surface area contributed by atoms with Crippen LogP contribution in [-0.2, 0) is 6.61 Å². The van der Waals surface area contributed by atoms with E-state index in [-0.39, 0.29) is 0 Å². The van der Waals surface area contributed by atoms with Crippen LogP contribution >= 0.6 is 38.9 Å². The summed E-state index contributed by atoms with van der Waals surface area (Å²) in [5.74, 6) is 1.25. The molecular weight excluding hydrogens is 522 g/mol. The van der Waals surface area contributed by atoms with Gasteiger partial charge in [-0.3, -0.25) is 5.43 Å². The number of nitrogens with one attached hydrogen (secondary N) is 1. The zero-order valence-corrected chi connectivity index (χ0v) is 21.0. The highest BCUT2D eigenvalue weighted by Crippen LogP contribution is 2.37. The number of hydrogen-bond acceptors (Lipinski definition) is 6.